The SMILES string of the molecule is [N-]=[N+]=NCCOc1cccc(OCc2cccc(CBr)n2)c1. The molecule has 1 aromatic carbocycles. The second-order valence-corrected chi connectivity index (χ2v) is 4.88. The molecule has 0 aliphatic rings. The Morgan fingerprint density at radius 3 is 2.59 bits per heavy atom. The number of halogens is 1. The molecule has 0 unspecified atom stereocenters. The van der Waals surface area contributed by atoms with Gasteiger partial charge < -0.3 is 9.47 Å². The van der Waals surface area contributed by atoms with Crippen LogP contribution in [0.15, 0.2) is 47.6 Å². The number of nitrogens with zero attached hydrogens (tertiary/aromatic N) is 4. The molecule has 0 aliphatic heterocycles. The van der Waals surface area contributed by atoms with Crippen LogP contribution in [0, 0.1) is 0 Å². The van der Waals surface area contributed by atoms with Crippen molar-refractivity contribution in [3.05, 3.63) is 64.3 Å². The van der Waals surface area contributed by atoms with Gasteiger partial charge in [-0.25, -0.2) is 0 Å². The lowest BCUT2D eigenvalue weighted by Crippen LogP contribution is -2.02. The topological polar surface area (TPSA) is 80.1 Å². The summed E-state index contributed by atoms with van der Waals surface area (Å²) in [6.45, 7) is 1.02. The highest BCUT2D eigenvalue weighted by Gasteiger charge is 2.01. The molecule has 0 bridgehead atoms. The van der Waals surface area contributed by atoms with Gasteiger partial charge in [0.2, 0.25) is 0 Å². The third kappa shape index (κ3) is 5.27. The molecular weight excluding hydrogens is 348 g/mol. The van der Waals surface area contributed by atoms with E-state index in [1.165, 1.54) is 0 Å². The van der Waals surface area contributed by atoms with Crippen molar-refractivity contribution in [2.24, 2.45) is 5.11 Å². The molecule has 2 rings (SSSR count). The quantitative estimate of drug-likeness (QED) is 0.231. The molecule has 0 aliphatic carbocycles. The Morgan fingerprint density at radius 2 is 1.82 bits per heavy atom. The molecular formula is C15H15BrN4O2. The summed E-state index contributed by atoms with van der Waals surface area (Å²) in [6, 6.07) is 13.2. The maximum Gasteiger partial charge on any atom is 0.130 e. The fourth-order valence-electron chi connectivity index (χ4n) is 1.74. The Balaban J connectivity index is 1.90. The van der Waals surface area contributed by atoms with E-state index in [1.54, 1.807) is 6.07 Å². The van der Waals surface area contributed by atoms with E-state index in [-0.39, 0.29) is 0 Å². The Labute approximate surface area is 136 Å². The zero-order valence-electron chi connectivity index (χ0n) is 11.9. The summed E-state index contributed by atoms with van der Waals surface area (Å²) in [5.74, 6) is 1.38. The first-order chi connectivity index (χ1) is 10.8. The van der Waals surface area contributed by atoms with E-state index in [4.69, 9.17) is 15.0 Å². The molecule has 0 radical (unpaired) electrons. The van der Waals surface area contributed by atoms with Gasteiger partial charge in [-0.1, -0.05) is 33.2 Å². The van der Waals surface area contributed by atoms with Crippen molar-refractivity contribution in [3.63, 3.8) is 0 Å². The lowest BCUT2D eigenvalue weighted by atomic mass is 10.3. The van der Waals surface area contributed by atoms with Gasteiger partial charge in [0.25, 0.3) is 0 Å². The number of rotatable bonds is 8. The Bertz CT molecular complexity index is 659. The van der Waals surface area contributed by atoms with E-state index < -0.39 is 0 Å². The van der Waals surface area contributed by atoms with Gasteiger partial charge in [-0.3, -0.25) is 4.98 Å². The largest absolute Gasteiger partial charge is 0.493 e. The van der Waals surface area contributed by atoms with Crippen LogP contribution in [-0.4, -0.2) is 18.1 Å². The minimum absolute atomic E-state index is 0.296. The highest BCUT2D eigenvalue weighted by Crippen LogP contribution is 2.20. The standard InChI is InChI=1S/C15H15BrN4O2/c16-10-12-3-1-4-13(19-12)11-22-15-6-2-5-14(9-15)21-8-7-18-20-17/h1-6,9H,7-8,10-11H2. The van der Waals surface area contributed by atoms with Crippen LogP contribution in [0.3, 0.4) is 0 Å². The van der Waals surface area contributed by atoms with Gasteiger partial charge >= 0.3 is 0 Å². The van der Waals surface area contributed by atoms with Gasteiger partial charge in [-0.15, -0.1) is 0 Å². The summed E-state index contributed by atoms with van der Waals surface area (Å²) in [7, 11) is 0. The van der Waals surface area contributed by atoms with Gasteiger partial charge in [-0.05, 0) is 29.8 Å². The van der Waals surface area contributed by atoms with E-state index >= 15 is 0 Å². The molecule has 6 nitrogen and oxygen atoms in total. The summed E-state index contributed by atoms with van der Waals surface area (Å²) >= 11 is 3.38. The van der Waals surface area contributed by atoms with Crippen LogP contribution in [0.4, 0.5) is 0 Å². The maximum atomic E-state index is 8.20. The molecule has 1 heterocycles. The summed E-state index contributed by atoms with van der Waals surface area (Å²) in [6.07, 6.45) is 0. The number of azide groups is 1. The highest BCUT2D eigenvalue weighted by molar-refractivity contribution is 9.08. The molecule has 0 saturated carbocycles. The fraction of sp³-hybridized carbons (Fsp3) is 0.267. The minimum Gasteiger partial charge on any atom is -0.493 e. The molecule has 22 heavy (non-hydrogen) atoms. The number of benzene rings is 1. The van der Waals surface area contributed by atoms with Crippen LogP contribution in [0.1, 0.15) is 11.4 Å². The van der Waals surface area contributed by atoms with Gasteiger partial charge in [0.1, 0.15) is 18.1 Å². The molecule has 114 valence electrons. The number of hydrogen-bond donors (Lipinski definition) is 0. The first-order valence-corrected chi connectivity index (χ1v) is 7.81. The summed E-state index contributed by atoms with van der Waals surface area (Å²) < 4.78 is 11.2. The van der Waals surface area contributed by atoms with E-state index in [0.29, 0.717) is 31.3 Å². The van der Waals surface area contributed by atoms with Gasteiger partial charge in [-0.2, -0.15) is 0 Å². The number of pyridine rings is 1. The van der Waals surface area contributed by atoms with Crippen LogP contribution in [0.2, 0.25) is 0 Å². The molecule has 0 spiro atoms. The second kappa shape index (κ2) is 8.92. The maximum absolute atomic E-state index is 8.20. The first-order valence-electron chi connectivity index (χ1n) is 6.69. The highest BCUT2D eigenvalue weighted by atomic mass is 79.9. The molecule has 2 aromatic rings. The molecule has 1 aromatic heterocycles. The summed E-state index contributed by atoms with van der Waals surface area (Å²) in [5.41, 5.74) is 10.0. The van der Waals surface area contributed by atoms with Crippen molar-refractivity contribution in [3.8, 4) is 11.5 Å². The average Bonchev–Trinajstić information content (AvgIpc) is 2.57. The summed E-state index contributed by atoms with van der Waals surface area (Å²) in [4.78, 5) is 7.12. The van der Waals surface area contributed by atoms with Crippen LogP contribution < -0.4 is 9.47 Å². The molecule has 0 amide bonds. The average molecular weight is 363 g/mol. The molecule has 0 atom stereocenters. The fourth-order valence-corrected chi connectivity index (χ4v) is 2.06. The molecule has 0 fully saturated rings. The number of alkyl halides is 1. The van der Waals surface area contributed by atoms with E-state index in [0.717, 1.165) is 16.7 Å². The van der Waals surface area contributed by atoms with Gasteiger partial charge in [0.05, 0.1) is 24.5 Å². The zero-order chi connectivity index (χ0) is 15.6. The predicted octanol–water partition coefficient (Wildman–Crippen LogP) is 4.24. The summed E-state index contributed by atoms with van der Waals surface area (Å²) in [5, 5.41) is 4.13. The molecule has 0 N–H and O–H groups in total. The normalized spacial score (nSPS) is 9.86. The zero-order valence-corrected chi connectivity index (χ0v) is 13.4. The molecule has 0 saturated heterocycles. The van der Waals surface area contributed by atoms with Crippen molar-refractivity contribution < 1.29 is 9.47 Å². The van der Waals surface area contributed by atoms with Crippen molar-refractivity contribution >= 4 is 15.9 Å². The van der Waals surface area contributed by atoms with Crippen LogP contribution in [0.25, 0.3) is 10.4 Å². The lowest BCUT2D eigenvalue weighted by molar-refractivity contribution is 0.293. The van der Waals surface area contributed by atoms with Crippen molar-refractivity contribution in [1.82, 2.24) is 4.98 Å². The second-order valence-electron chi connectivity index (χ2n) is 4.32. The molecule has 7 heteroatoms. The first kappa shape index (κ1) is 16.1. The minimum atomic E-state index is 0.296. The van der Waals surface area contributed by atoms with Crippen molar-refractivity contribution in [1.29, 1.82) is 0 Å². The lowest BCUT2D eigenvalue weighted by Gasteiger charge is -2.09. The van der Waals surface area contributed by atoms with Crippen molar-refractivity contribution in [2.45, 2.75) is 11.9 Å². The third-order valence-electron chi connectivity index (χ3n) is 2.72. The van der Waals surface area contributed by atoms with Crippen LogP contribution >= 0.6 is 15.9 Å². The van der Waals surface area contributed by atoms with Crippen LogP contribution in [0.5, 0.6) is 11.5 Å². The van der Waals surface area contributed by atoms with E-state index in [1.807, 2.05) is 36.4 Å². The third-order valence-corrected chi connectivity index (χ3v) is 3.29. The monoisotopic (exact) mass is 362 g/mol. The van der Waals surface area contributed by atoms with Gasteiger partial charge in [0, 0.05) is 16.3 Å². The van der Waals surface area contributed by atoms with Gasteiger partial charge in [0.15, 0.2) is 0 Å². The Kier molecular flexibility index (Phi) is 6.54. The predicted molar refractivity (Wildman–Crippen MR) is 87.2 cm³/mol. The number of aromatic nitrogens is 1. The van der Waals surface area contributed by atoms with Crippen LogP contribution in [-0.2, 0) is 11.9 Å². The Morgan fingerprint density at radius 1 is 1.09 bits per heavy atom. The smallest absolute Gasteiger partial charge is 0.130 e. The Hall–Kier alpha value is -2.24. The van der Waals surface area contributed by atoms with E-state index in [2.05, 4.69) is 30.9 Å². The number of ether oxygens (including phenoxy) is 2. The van der Waals surface area contributed by atoms with Crippen molar-refractivity contribution in [2.75, 3.05) is 13.2 Å². The number of hydrogen-bond acceptors (Lipinski definition) is 4. The van der Waals surface area contributed by atoms with E-state index in [9.17, 15) is 0 Å².